The predicted octanol–water partition coefficient (Wildman–Crippen LogP) is 1.60. The Morgan fingerprint density at radius 1 is 1.44 bits per heavy atom. The summed E-state index contributed by atoms with van der Waals surface area (Å²) in [6, 6.07) is 7.34. The van der Waals surface area contributed by atoms with Gasteiger partial charge in [-0.2, -0.15) is 0 Å². The zero-order chi connectivity index (χ0) is 11.5. The van der Waals surface area contributed by atoms with E-state index < -0.39 is 0 Å². The lowest BCUT2D eigenvalue weighted by Crippen LogP contribution is -2.26. The van der Waals surface area contributed by atoms with Gasteiger partial charge in [-0.1, -0.05) is 12.1 Å². The van der Waals surface area contributed by atoms with Gasteiger partial charge in [0.2, 0.25) is 0 Å². The Bertz CT molecular complexity index is 548. The van der Waals surface area contributed by atoms with Gasteiger partial charge in [0.05, 0.1) is 29.9 Å². The van der Waals surface area contributed by atoms with Crippen molar-refractivity contribution in [2.45, 2.75) is 13.0 Å². The largest absolute Gasteiger partial charge is 0.383 e. The van der Waals surface area contributed by atoms with Crippen molar-refractivity contribution in [3.63, 3.8) is 0 Å². The van der Waals surface area contributed by atoms with Gasteiger partial charge in [-0.15, -0.1) is 0 Å². The molecule has 16 heavy (non-hydrogen) atoms. The zero-order valence-corrected chi connectivity index (χ0v) is 9.38. The van der Waals surface area contributed by atoms with E-state index in [1.807, 2.05) is 25.1 Å². The van der Waals surface area contributed by atoms with Gasteiger partial charge in [0.25, 0.3) is 5.56 Å². The fraction of sp³-hybridized carbons (Fsp3) is 0.333. The van der Waals surface area contributed by atoms with Crippen LogP contribution in [0, 0.1) is 0 Å². The molecule has 1 unspecified atom stereocenters. The smallest absolute Gasteiger partial charge is 0.261 e. The fourth-order valence-corrected chi connectivity index (χ4v) is 1.72. The maximum absolute atomic E-state index is 12.1. The molecule has 0 aliphatic carbocycles. The molecule has 0 saturated carbocycles. The first-order valence-electron chi connectivity index (χ1n) is 5.19. The molecule has 4 nitrogen and oxygen atoms in total. The van der Waals surface area contributed by atoms with Crippen LogP contribution in [0.5, 0.6) is 0 Å². The minimum atomic E-state index is -0.0184. The quantitative estimate of drug-likeness (QED) is 0.786. The number of hydrogen-bond donors (Lipinski definition) is 0. The number of fused-ring (bicyclic) bond motifs is 1. The Morgan fingerprint density at radius 3 is 2.94 bits per heavy atom. The maximum Gasteiger partial charge on any atom is 0.261 e. The summed E-state index contributed by atoms with van der Waals surface area (Å²) < 4.78 is 6.64. The van der Waals surface area contributed by atoms with Gasteiger partial charge in [-0.3, -0.25) is 9.36 Å². The maximum atomic E-state index is 12.1. The first-order chi connectivity index (χ1) is 7.74. The van der Waals surface area contributed by atoms with Gasteiger partial charge in [0.1, 0.15) is 0 Å². The van der Waals surface area contributed by atoms with Crippen LogP contribution in [0.1, 0.15) is 13.0 Å². The topological polar surface area (TPSA) is 44.1 Å². The molecule has 1 heterocycles. The van der Waals surface area contributed by atoms with Crippen LogP contribution in [-0.4, -0.2) is 23.3 Å². The standard InChI is InChI=1S/C12H14N2O2/c1-9(7-16-2)14-8-13-11-6-4-3-5-10(11)12(14)15/h3-6,8-9H,7H2,1-2H3. The number of benzene rings is 1. The molecule has 1 atom stereocenters. The van der Waals surface area contributed by atoms with Crippen LogP contribution < -0.4 is 5.56 Å². The third-order valence-corrected chi connectivity index (χ3v) is 2.57. The van der Waals surface area contributed by atoms with Gasteiger partial charge in [-0.25, -0.2) is 4.98 Å². The van der Waals surface area contributed by atoms with Crippen molar-refractivity contribution >= 4 is 10.9 Å². The van der Waals surface area contributed by atoms with Crippen molar-refractivity contribution in [3.05, 3.63) is 40.9 Å². The SMILES string of the molecule is COCC(C)n1cnc2ccccc2c1=O. The molecule has 0 N–H and O–H groups in total. The summed E-state index contributed by atoms with van der Waals surface area (Å²) in [5.74, 6) is 0. The Morgan fingerprint density at radius 2 is 2.19 bits per heavy atom. The van der Waals surface area contributed by atoms with E-state index in [9.17, 15) is 4.79 Å². The van der Waals surface area contributed by atoms with E-state index in [2.05, 4.69) is 4.98 Å². The molecular formula is C12H14N2O2. The number of para-hydroxylation sites is 1. The lowest BCUT2D eigenvalue weighted by molar-refractivity contribution is 0.160. The minimum Gasteiger partial charge on any atom is -0.383 e. The second-order valence-electron chi connectivity index (χ2n) is 3.78. The van der Waals surface area contributed by atoms with E-state index in [0.717, 1.165) is 5.52 Å². The fourth-order valence-electron chi connectivity index (χ4n) is 1.72. The van der Waals surface area contributed by atoms with Gasteiger partial charge >= 0.3 is 0 Å². The van der Waals surface area contributed by atoms with Crippen LogP contribution in [0.3, 0.4) is 0 Å². The molecule has 1 aromatic carbocycles. The van der Waals surface area contributed by atoms with E-state index >= 15 is 0 Å². The van der Waals surface area contributed by atoms with Crippen LogP contribution in [-0.2, 0) is 4.74 Å². The lowest BCUT2D eigenvalue weighted by Gasteiger charge is -2.13. The van der Waals surface area contributed by atoms with Crippen molar-refractivity contribution < 1.29 is 4.74 Å². The third-order valence-electron chi connectivity index (χ3n) is 2.57. The molecule has 4 heteroatoms. The summed E-state index contributed by atoms with van der Waals surface area (Å²) in [6.07, 6.45) is 1.58. The second kappa shape index (κ2) is 4.45. The molecule has 0 spiro atoms. The molecule has 0 fully saturated rings. The van der Waals surface area contributed by atoms with E-state index in [0.29, 0.717) is 12.0 Å². The molecular weight excluding hydrogens is 204 g/mol. The number of methoxy groups -OCH3 is 1. The van der Waals surface area contributed by atoms with Gasteiger partial charge < -0.3 is 4.74 Å². The van der Waals surface area contributed by atoms with E-state index in [-0.39, 0.29) is 11.6 Å². The molecule has 0 saturated heterocycles. The Kier molecular flexibility index (Phi) is 3.01. The van der Waals surface area contributed by atoms with Crippen LogP contribution in [0.4, 0.5) is 0 Å². The number of nitrogens with zero attached hydrogens (tertiary/aromatic N) is 2. The molecule has 2 rings (SSSR count). The van der Waals surface area contributed by atoms with Crippen LogP contribution in [0.2, 0.25) is 0 Å². The van der Waals surface area contributed by atoms with Crippen LogP contribution in [0.15, 0.2) is 35.4 Å². The second-order valence-corrected chi connectivity index (χ2v) is 3.78. The molecule has 0 bridgehead atoms. The number of ether oxygens (including phenoxy) is 1. The van der Waals surface area contributed by atoms with E-state index in [1.165, 1.54) is 0 Å². The molecule has 2 aromatic rings. The predicted molar refractivity (Wildman–Crippen MR) is 62.6 cm³/mol. The monoisotopic (exact) mass is 218 g/mol. The summed E-state index contributed by atoms with van der Waals surface area (Å²) in [5, 5.41) is 0.646. The van der Waals surface area contributed by atoms with E-state index in [1.54, 1.807) is 24.1 Å². The highest BCUT2D eigenvalue weighted by Gasteiger charge is 2.08. The molecule has 0 amide bonds. The third kappa shape index (κ3) is 1.84. The highest BCUT2D eigenvalue weighted by Crippen LogP contribution is 2.08. The van der Waals surface area contributed by atoms with Crippen LogP contribution in [0.25, 0.3) is 10.9 Å². The van der Waals surface area contributed by atoms with Crippen LogP contribution >= 0.6 is 0 Å². The molecule has 1 aromatic heterocycles. The molecule has 84 valence electrons. The van der Waals surface area contributed by atoms with Crippen molar-refractivity contribution in [1.29, 1.82) is 0 Å². The number of aromatic nitrogens is 2. The average molecular weight is 218 g/mol. The summed E-state index contributed by atoms with van der Waals surface area (Å²) in [7, 11) is 1.62. The Hall–Kier alpha value is -1.68. The van der Waals surface area contributed by atoms with Gasteiger partial charge in [-0.05, 0) is 19.1 Å². The first kappa shape index (κ1) is 10.8. The summed E-state index contributed by atoms with van der Waals surface area (Å²) in [6.45, 7) is 2.43. The van der Waals surface area contributed by atoms with Crippen molar-refractivity contribution in [3.8, 4) is 0 Å². The van der Waals surface area contributed by atoms with Gasteiger partial charge in [0, 0.05) is 7.11 Å². The van der Waals surface area contributed by atoms with E-state index in [4.69, 9.17) is 4.74 Å². The summed E-state index contributed by atoms with van der Waals surface area (Å²) >= 11 is 0. The first-order valence-corrected chi connectivity index (χ1v) is 5.19. The zero-order valence-electron chi connectivity index (χ0n) is 9.38. The van der Waals surface area contributed by atoms with Crippen molar-refractivity contribution in [1.82, 2.24) is 9.55 Å². The molecule has 0 aliphatic rings. The Balaban J connectivity index is 2.57. The Labute approximate surface area is 93.5 Å². The van der Waals surface area contributed by atoms with Crippen molar-refractivity contribution in [2.24, 2.45) is 0 Å². The highest BCUT2D eigenvalue weighted by molar-refractivity contribution is 5.76. The average Bonchev–Trinajstić information content (AvgIpc) is 2.30. The lowest BCUT2D eigenvalue weighted by atomic mass is 10.2. The normalized spacial score (nSPS) is 12.9. The summed E-state index contributed by atoms with van der Waals surface area (Å²) in [5.41, 5.74) is 0.712. The van der Waals surface area contributed by atoms with Gasteiger partial charge in [0.15, 0.2) is 0 Å². The number of hydrogen-bond acceptors (Lipinski definition) is 3. The number of rotatable bonds is 3. The molecule has 0 radical (unpaired) electrons. The van der Waals surface area contributed by atoms with Crippen molar-refractivity contribution in [2.75, 3.05) is 13.7 Å². The minimum absolute atomic E-state index is 0.00499. The molecule has 0 aliphatic heterocycles. The highest BCUT2D eigenvalue weighted by atomic mass is 16.5. The summed E-state index contributed by atoms with van der Waals surface area (Å²) in [4.78, 5) is 16.4.